The van der Waals surface area contributed by atoms with Gasteiger partial charge in [-0.3, -0.25) is 5.84 Å². The fourth-order valence-corrected chi connectivity index (χ4v) is 0.0680. The van der Waals surface area contributed by atoms with Crippen LogP contribution in [0.2, 0.25) is 0 Å². The van der Waals surface area contributed by atoms with E-state index in [4.69, 9.17) is 10.9 Å². The summed E-state index contributed by atoms with van der Waals surface area (Å²) >= 11 is 0. The first kappa shape index (κ1) is 10.0. The van der Waals surface area contributed by atoms with E-state index in [1.807, 2.05) is 0 Å². The molecule has 0 bridgehead atoms. The van der Waals surface area contributed by atoms with E-state index in [1.54, 1.807) is 0 Å². The maximum Gasteiger partial charge on any atom is 0.135 e. The van der Waals surface area contributed by atoms with Crippen LogP contribution in [0.25, 0.3) is 0 Å². The minimum atomic E-state index is -0.773. The highest BCUT2D eigenvalue weighted by molar-refractivity contribution is 5.85. The van der Waals surface area contributed by atoms with Gasteiger partial charge in [0.2, 0.25) is 0 Å². The summed E-state index contributed by atoms with van der Waals surface area (Å²) in [7, 11) is 0. The number of rotatable bonds is 2. The molecule has 1 unspecified atom stereocenters. The lowest BCUT2D eigenvalue weighted by molar-refractivity contribution is 0.186. The third kappa shape index (κ3) is 5.91. The van der Waals surface area contributed by atoms with Gasteiger partial charge in [0, 0.05) is 0 Å². The van der Waals surface area contributed by atoms with Crippen molar-refractivity contribution in [3.05, 3.63) is 12.7 Å². The van der Waals surface area contributed by atoms with Crippen LogP contribution in [0.4, 0.5) is 0 Å². The summed E-state index contributed by atoms with van der Waals surface area (Å²) in [4.78, 5) is 0. The van der Waals surface area contributed by atoms with E-state index in [9.17, 15) is 0 Å². The lowest BCUT2D eigenvalue weighted by Gasteiger charge is -1.97. The molecule has 0 aromatic heterocycles. The normalized spacial score (nSPS) is 11.7. The highest BCUT2D eigenvalue weighted by atomic mass is 35.5. The largest absolute Gasteiger partial charge is 0.374 e. The molecule has 0 rings (SSSR count). The highest BCUT2D eigenvalue weighted by Crippen LogP contribution is 1.66. The van der Waals surface area contributed by atoms with Gasteiger partial charge in [0.25, 0.3) is 0 Å². The number of halogens is 1. The minimum absolute atomic E-state index is 0. The maximum absolute atomic E-state index is 8.31. The first-order valence-electron chi connectivity index (χ1n) is 1.58. The Labute approximate surface area is 48.6 Å². The number of aliphatic hydroxyl groups is 1. The van der Waals surface area contributed by atoms with Crippen LogP contribution in [0.3, 0.4) is 0 Å². The topological polar surface area (TPSA) is 58.3 Å². The smallest absolute Gasteiger partial charge is 0.135 e. The molecule has 3 nitrogen and oxygen atoms in total. The van der Waals surface area contributed by atoms with E-state index in [-0.39, 0.29) is 12.4 Å². The van der Waals surface area contributed by atoms with Gasteiger partial charge < -0.3 is 5.11 Å². The van der Waals surface area contributed by atoms with Gasteiger partial charge in [0.15, 0.2) is 0 Å². The van der Waals surface area contributed by atoms with E-state index < -0.39 is 6.23 Å². The van der Waals surface area contributed by atoms with Crippen LogP contribution >= 0.6 is 12.4 Å². The van der Waals surface area contributed by atoms with Crippen molar-refractivity contribution in [2.75, 3.05) is 0 Å². The number of aliphatic hydroxyl groups excluding tert-OH is 1. The van der Waals surface area contributed by atoms with Crippen molar-refractivity contribution in [1.29, 1.82) is 0 Å². The zero-order valence-corrected chi connectivity index (χ0v) is 4.61. The summed E-state index contributed by atoms with van der Waals surface area (Å²) in [6, 6.07) is 0. The van der Waals surface area contributed by atoms with Crippen LogP contribution in [0.1, 0.15) is 0 Å². The van der Waals surface area contributed by atoms with Crippen molar-refractivity contribution < 1.29 is 5.11 Å². The lowest BCUT2D eigenvalue weighted by Crippen LogP contribution is -2.32. The average Bonchev–Trinajstić information content (AvgIpc) is 1.65. The highest BCUT2D eigenvalue weighted by Gasteiger charge is 1.84. The Bertz CT molecular complexity index is 50.2. The van der Waals surface area contributed by atoms with Crippen molar-refractivity contribution in [2.45, 2.75) is 6.23 Å². The Hall–Kier alpha value is -0.0900. The van der Waals surface area contributed by atoms with Crippen LogP contribution in [0.5, 0.6) is 0 Å². The van der Waals surface area contributed by atoms with Crippen LogP contribution in [0.15, 0.2) is 12.7 Å². The number of hydrogen-bond acceptors (Lipinski definition) is 3. The van der Waals surface area contributed by atoms with Gasteiger partial charge in [-0.05, 0) is 6.08 Å². The van der Waals surface area contributed by atoms with E-state index >= 15 is 0 Å². The Morgan fingerprint density at radius 2 is 2.29 bits per heavy atom. The number of hydrazine groups is 1. The second-order valence-corrected chi connectivity index (χ2v) is 0.847. The molecular weight excluding hydrogens is 115 g/mol. The van der Waals surface area contributed by atoms with Crippen LogP contribution < -0.4 is 11.3 Å². The summed E-state index contributed by atoms with van der Waals surface area (Å²) in [5, 5.41) is 8.31. The molecule has 44 valence electrons. The standard InChI is InChI=1S/C3H8N2O.ClH/c1-2-3(6)5-4;/h2-3,5-6H,1,4H2;1H. The molecule has 0 saturated carbocycles. The van der Waals surface area contributed by atoms with Crippen LogP contribution in [-0.4, -0.2) is 11.3 Å². The van der Waals surface area contributed by atoms with Gasteiger partial charge in [-0.1, -0.05) is 6.58 Å². The molecule has 0 radical (unpaired) electrons. The van der Waals surface area contributed by atoms with Crippen molar-refractivity contribution in [1.82, 2.24) is 5.43 Å². The van der Waals surface area contributed by atoms with Crippen molar-refractivity contribution in [2.24, 2.45) is 5.84 Å². The average molecular weight is 125 g/mol. The van der Waals surface area contributed by atoms with Gasteiger partial charge in [-0.25, -0.2) is 5.43 Å². The van der Waals surface area contributed by atoms with Crippen LogP contribution in [-0.2, 0) is 0 Å². The van der Waals surface area contributed by atoms with Crippen LogP contribution in [0, 0.1) is 0 Å². The van der Waals surface area contributed by atoms with E-state index in [0.29, 0.717) is 0 Å². The van der Waals surface area contributed by atoms with Gasteiger partial charge >= 0.3 is 0 Å². The van der Waals surface area contributed by atoms with Gasteiger partial charge in [-0.15, -0.1) is 12.4 Å². The third-order valence-electron chi connectivity index (χ3n) is 0.394. The SMILES string of the molecule is C=CC(O)NN.Cl. The molecule has 0 aromatic carbocycles. The van der Waals surface area contributed by atoms with E-state index in [1.165, 1.54) is 6.08 Å². The summed E-state index contributed by atoms with van der Waals surface area (Å²) < 4.78 is 0. The van der Waals surface area contributed by atoms with Crippen molar-refractivity contribution >= 4 is 12.4 Å². The summed E-state index contributed by atoms with van der Waals surface area (Å²) in [6.07, 6.45) is 0.519. The second kappa shape index (κ2) is 5.91. The molecular formula is C3H9ClN2O. The zero-order valence-electron chi connectivity index (χ0n) is 3.79. The van der Waals surface area contributed by atoms with Gasteiger partial charge in [-0.2, -0.15) is 0 Å². The fraction of sp³-hybridized carbons (Fsp3) is 0.333. The Morgan fingerprint density at radius 1 is 1.86 bits per heavy atom. The molecule has 0 aliphatic rings. The molecule has 0 fully saturated rings. The van der Waals surface area contributed by atoms with Crippen molar-refractivity contribution in [3.63, 3.8) is 0 Å². The fourth-order valence-electron chi connectivity index (χ4n) is 0.0680. The zero-order chi connectivity index (χ0) is 4.99. The molecule has 1 atom stereocenters. The monoisotopic (exact) mass is 124 g/mol. The van der Waals surface area contributed by atoms with E-state index in [0.717, 1.165) is 0 Å². The third-order valence-corrected chi connectivity index (χ3v) is 0.394. The first-order valence-corrected chi connectivity index (χ1v) is 1.58. The number of nitrogens with two attached hydrogens (primary N) is 1. The summed E-state index contributed by atoms with van der Waals surface area (Å²) in [6.45, 7) is 3.24. The van der Waals surface area contributed by atoms with E-state index in [2.05, 4.69) is 12.0 Å². The second-order valence-electron chi connectivity index (χ2n) is 0.847. The Kier molecular flexibility index (Phi) is 8.45. The predicted molar refractivity (Wildman–Crippen MR) is 30.8 cm³/mol. The molecule has 0 aromatic rings. The molecule has 0 heterocycles. The van der Waals surface area contributed by atoms with Gasteiger partial charge in [0.05, 0.1) is 0 Å². The molecule has 7 heavy (non-hydrogen) atoms. The quantitative estimate of drug-likeness (QED) is 0.199. The Balaban J connectivity index is 0. The lowest BCUT2D eigenvalue weighted by atomic mass is 10.6. The molecule has 0 aliphatic heterocycles. The number of hydrogen-bond donors (Lipinski definition) is 3. The molecule has 4 N–H and O–H groups in total. The maximum atomic E-state index is 8.31. The molecule has 0 amide bonds. The minimum Gasteiger partial charge on any atom is -0.374 e. The van der Waals surface area contributed by atoms with Crippen molar-refractivity contribution in [3.8, 4) is 0 Å². The number of nitrogens with one attached hydrogen (secondary N) is 1. The Morgan fingerprint density at radius 3 is 2.29 bits per heavy atom. The van der Waals surface area contributed by atoms with Gasteiger partial charge in [0.1, 0.15) is 6.23 Å². The molecule has 0 saturated heterocycles. The molecule has 0 spiro atoms. The molecule has 4 heteroatoms. The molecule has 0 aliphatic carbocycles. The predicted octanol–water partition coefficient (Wildman–Crippen LogP) is -0.624. The summed E-state index contributed by atoms with van der Waals surface area (Å²) in [5.41, 5.74) is 2.05. The first-order chi connectivity index (χ1) is 2.81. The summed E-state index contributed by atoms with van der Waals surface area (Å²) in [5.74, 6) is 4.71.